The molecule has 1 unspecified atom stereocenters. The van der Waals surface area contributed by atoms with E-state index in [-0.39, 0.29) is 0 Å². The van der Waals surface area contributed by atoms with Gasteiger partial charge in [0.2, 0.25) is 0 Å². The van der Waals surface area contributed by atoms with Gasteiger partial charge in [0.15, 0.2) is 0 Å². The molecular formula is C18H19BrO2. The quantitative estimate of drug-likeness (QED) is 0.891. The van der Waals surface area contributed by atoms with Crippen molar-refractivity contribution in [3.63, 3.8) is 0 Å². The molecule has 3 rings (SSSR count). The highest BCUT2D eigenvalue weighted by molar-refractivity contribution is 9.10. The van der Waals surface area contributed by atoms with Crippen molar-refractivity contribution in [1.29, 1.82) is 0 Å². The van der Waals surface area contributed by atoms with Gasteiger partial charge in [-0.15, -0.1) is 0 Å². The Morgan fingerprint density at radius 2 is 2.10 bits per heavy atom. The second-order valence-electron chi connectivity index (χ2n) is 5.60. The molecule has 0 saturated carbocycles. The molecule has 1 atom stereocenters. The fourth-order valence-corrected chi connectivity index (χ4v) is 3.20. The maximum atomic E-state index is 10.4. The molecule has 110 valence electrons. The number of ether oxygens (including phenoxy) is 1. The van der Waals surface area contributed by atoms with Crippen LogP contribution in [-0.2, 0) is 12.8 Å². The van der Waals surface area contributed by atoms with E-state index in [0.29, 0.717) is 0 Å². The minimum absolute atomic E-state index is 0.424. The number of aliphatic hydroxyl groups is 1. The lowest BCUT2D eigenvalue weighted by molar-refractivity contribution is 0.167. The molecule has 0 amide bonds. The van der Waals surface area contributed by atoms with Crippen LogP contribution in [0.5, 0.6) is 5.75 Å². The minimum atomic E-state index is -0.424. The lowest BCUT2D eigenvalue weighted by Gasteiger charge is -2.14. The zero-order chi connectivity index (χ0) is 14.8. The Morgan fingerprint density at radius 3 is 2.95 bits per heavy atom. The first-order valence-electron chi connectivity index (χ1n) is 7.32. The van der Waals surface area contributed by atoms with E-state index in [9.17, 15) is 5.11 Å². The molecule has 3 heteroatoms. The fraction of sp³-hybridized carbons (Fsp3) is 0.333. The van der Waals surface area contributed by atoms with Crippen molar-refractivity contribution in [3.8, 4) is 5.75 Å². The van der Waals surface area contributed by atoms with Crippen molar-refractivity contribution in [2.45, 2.75) is 32.3 Å². The van der Waals surface area contributed by atoms with Gasteiger partial charge >= 0.3 is 0 Å². The number of rotatable bonds is 4. The van der Waals surface area contributed by atoms with Gasteiger partial charge in [-0.3, -0.25) is 0 Å². The molecule has 1 N–H and O–H groups in total. The van der Waals surface area contributed by atoms with Crippen LogP contribution in [0.15, 0.2) is 40.9 Å². The third-order valence-electron chi connectivity index (χ3n) is 4.06. The molecular weight excluding hydrogens is 328 g/mol. The van der Waals surface area contributed by atoms with Gasteiger partial charge in [-0.1, -0.05) is 34.1 Å². The van der Waals surface area contributed by atoms with E-state index in [1.165, 1.54) is 11.1 Å². The van der Waals surface area contributed by atoms with E-state index < -0.39 is 6.10 Å². The lowest BCUT2D eigenvalue weighted by atomic mass is 9.97. The van der Waals surface area contributed by atoms with Crippen LogP contribution >= 0.6 is 15.9 Å². The number of aryl methyl sites for hydroxylation is 2. The summed E-state index contributed by atoms with van der Waals surface area (Å²) >= 11 is 3.47. The molecule has 0 saturated heterocycles. The smallest absolute Gasteiger partial charge is 0.122 e. The molecule has 0 bridgehead atoms. The summed E-state index contributed by atoms with van der Waals surface area (Å²) in [5, 5.41) is 10.4. The number of fused-ring (bicyclic) bond motifs is 1. The van der Waals surface area contributed by atoms with Crippen molar-refractivity contribution >= 4 is 15.9 Å². The Bertz CT molecular complexity index is 652. The number of halogens is 1. The molecule has 0 spiro atoms. The Morgan fingerprint density at radius 1 is 1.24 bits per heavy atom. The van der Waals surface area contributed by atoms with Crippen molar-refractivity contribution in [1.82, 2.24) is 0 Å². The van der Waals surface area contributed by atoms with Crippen LogP contribution < -0.4 is 4.74 Å². The van der Waals surface area contributed by atoms with E-state index in [0.717, 1.165) is 47.2 Å². The molecule has 2 aromatic carbocycles. The SMILES string of the molecule is Cc1ccc(Br)cc1C(O)CCc1ccc2c(c1)CCO2. The van der Waals surface area contributed by atoms with Crippen LogP contribution in [0, 0.1) is 6.92 Å². The first kappa shape index (κ1) is 14.6. The van der Waals surface area contributed by atoms with Gasteiger partial charge in [0.05, 0.1) is 12.7 Å². The van der Waals surface area contributed by atoms with Crippen LogP contribution in [-0.4, -0.2) is 11.7 Å². The summed E-state index contributed by atoms with van der Waals surface area (Å²) < 4.78 is 6.53. The van der Waals surface area contributed by atoms with Gasteiger partial charge in [0.25, 0.3) is 0 Å². The molecule has 1 aliphatic heterocycles. The van der Waals surface area contributed by atoms with Crippen LogP contribution in [0.2, 0.25) is 0 Å². The van der Waals surface area contributed by atoms with Crippen molar-refractivity contribution in [3.05, 3.63) is 63.1 Å². The summed E-state index contributed by atoms with van der Waals surface area (Å²) in [7, 11) is 0. The number of benzene rings is 2. The molecule has 21 heavy (non-hydrogen) atoms. The second kappa shape index (κ2) is 6.20. The van der Waals surface area contributed by atoms with E-state index in [1.807, 2.05) is 25.1 Å². The van der Waals surface area contributed by atoms with Crippen LogP contribution in [0.25, 0.3) is 0 Å². The minimum Gasteiger partial charge on any atom is -0.493 e. The van der Waals surface area contributed by atoms with Gasteiger partial charge in [0.1, 0.15) is 5.75 Å². The molecule has 2 nitrogen and oxygen atoms in total. The summed E-state index contributed by atoms with van der Waals surface area (Å²) in [6.07, 6.45) is 2.18. The molecule has 1 heterocycles. The van der Waals surface area contributed by atoms with Gasteiger partial charge in [-0.25, -0.2) is 0 Å². The predicted molar refractivity (Wildman–Crippen MR) is 87.8 cm³/mol. The highest BCUT2D eigenvalue weighted by atomic mass is 79.9. The molecule has 0 aliphatic carbocycles. The largest absolute Gasteiger partial charge is 0.493 e. The topological polar surface area (TPSA) is 29.5 Å². The second-order valence-corrected chi connectivity index (χ2v) is 6.51. The summed E-state index contributed by atoms with van der Waals surface area (Å²) in [6.45, 7) is 2.83. The highest BCUT2D eigenvalue weighted by Crippen LogP contribution is 2.29. The molecule has 0 aromatic heterocycles. The zero-order valence-corrected chi connectivity index (χ0v) is 13.7. The molecule has 2 aromatic rings. The maximum absolute atomic E-state index is 10.4. The average Bonchev–Trinajstić information content (AvgIpc) is 2.94. The zero-order valence-electron chi connectivity index (χ0n) is 12.1. The van der Waals surface area contributed by atoms with Crippen molar-refractivity contribution in [2.24, 2.45) is 0 Å². The average molecular weight is 347 g/mol. The van der Waals surface area contributed by atoms with E-state index >= 15 is 0 Å². The standard InChI is InChI=1S/C18H19BrO2/c1-12-2-5-15(19)11-16(12)17(20)6-3-13-4-7-18-14(10-13)8-9-21-18/h2,4-5,7,10-11,17,20H,3,6,8-9H2,1H3. The van der Waals surface area contributed by atoms with Crippen LogP contribution in [0.3, 0.4) is 0 Å². The van der Waals surface area contributed by atoms with Gasteiger partial charge < -0.3 is 9.84 Å². The van der Waals surface area contributed by atoms with E-state index in [2.05, 4.69) is 34.1 Å². The number of hydrogen-bond donors (Lipinski definition) is 1. The van der Waals surface area contributed by atoms with Crippen LogP contribution in [0.1, 0.15) is 34.8 Å². The van der Waals surface area contributed by atoms with E-state index in [1.54, 1.807) is 0 Å². The highest BCUT2D eigenvalue weighted by Gasteiger charge is 2.14. The molecule has 0 radical (unpaired) electrons. The Labute approximate surface area is 133 Å². The molecule has 0 fully saturated rings. The lowest BCUT2D eigenvalue weighted by Crippen LogP contribution is -2.02. The third kappa shape index (κ3) is 3.30. The van der Waals surface area contributed by atoms with Crippen molar-refractivity contribution in [2.75, 3.05) is 6.61 Å². The Kier molecular flexibility index (Phi) is 4.32. The number of hydrogen-bond acceptors (Lipinski definition) is 2. The maximum Gasteiger partial charge on any atom is 0.122 e. The van der Waals surface area contributed by atoms with Crippen LogP contribution in [0.4, 0.5) is 0 Å². The monoisotopic (exact) mass is 346 g/mol. The van der Waals surface area contributed by atoms with Gasteiger partial charge in [-0.05, 0) is 60.2 Å². The van der Waals surface area contributed by atoms with Crippen molar-refractivity contribution < 1.29 is 9.84 Å². The Hall–Kier alpha value is -1.32. The third-order valence-corrected chi connectivity index (χ3v) is 4.55. The van der Waals surface area contributed by atoms with Gasteiger partial charge in [0, 0.05) is 10.9 Å². The van der Waals surface area contributed by atoms with Gasteiger partial charge in [-0.2, -0.15) is 0 Å². The summed E-state index contributed by atoms with van der Waals surface area (Å²) in [5.41, 5.74) is 4.70. The first-order valence-corrected chi connectivity index (χ1v) is 8.11. The predicted octanol–water partition coefficient (Wildman–Crippen LogP) is 4.36. The molecule has 1 aliphatic rings. The summed E-state index contributed by atoms with van der Waals surface area (Å²) in [4.78, 5) is 0. The summed E-state index contributed by atoms with van der Waals surface area (Å²) in [5.74, 6) is 1.02. The normalized spacial score (nSPS) is 14.6. The number of aliphatic hydroxyl groups excluding tert-OH is 1. The van der Waals surface area contributed by atoms with E-state index in [4.69, 9.17) is 4.74 Å². The fourth-order valence-electron chi connectivity index (χ4n) is 2.82. The Balaban J connectivity index is 1.68. The summed E-state index contributed by atoms with van der Waals surface area (Å²) in [6, 6.07) is 12.4. The first-order chi connectivity index (χ1) is 10.1.